The Hall–Kier alpha value is -3.94. The van der Waals surface area contributed by atoms with Gasteiger partial charge in [0.2, 0.25) is 0 Å². The van der Waals surface area contributed by atoms with Gasteiger partial charge in [-0.3, -0.25) is 9.79 Å². The zero-order valence-corrected chi connectivity index (χ0v) is 28.6. The molecule has 0 bridgehead atoms. The van der Waals surface area contributed by atoms with E-state index in [1.165, 1.54) is 16.7 Å². The first-order valence-electron chi connectivity index (χ1n) is 15.7. The largest absolute Gasteiger partial charge is 0.471 e. The van der Waals surface area contributed by atoms with Crippen molar-refractivity contribution in [2.75, 3.05) is 13.3 Å². The van der Waals surface area contributed by atoms with Crippen LogP contribution in [-0.4, -0.2) is 40.6 Å². The molecular weight excluding hydrogens is 550 g/mol. The van der Waals surface area contributed by atoms with E-state index in [2.05, 4.69) is 79.3 Å². The highest BCUT2D eigenvalue weighted by molar-refractivity contribution is 5.95. The molecule has 0 saturated heterocycles. The molecule has 1 aromatic heterocycles. The lowest BCUT2D eigenvalue weighted by atomic mass is 9.85. The summed E-state index contributed by atoms with van der Waals surface area (Å²) in [6.45, 7) is 23.2. The summed E-state index contributed by atoms with van der Waals surface area (Å²) in [6, 6.07) is 6.50. The number of oxime groups is 1. The van der Waals surface area contributed by atoms with Gasteiger partial charge in [0, 0.05) is 17.0 Å². The fourth-order valence-corrected chi connectivity index (χ4v) is 5.02. The van der Waals surface area contributed by atoms with Crippen molar-refractivity contribution in [2.45, 2.75) is 101 Å². The van der Waals surface area contributed by atoms with Gasteiger partial charge < -0.3 is 19.9 Å². The van der Waals surface area contributed by atoms with E-state index >= 15 is 0 Å². The maximum Gasteiger partial charge on any atom is 0.287 e. The van der Waals surface area contributed by atoms with E-state index in [9.17, 15) is 4.79 Å². The minimum absolute atomic E-state index is 0.257. The molecule has 2 unspecified atom stereocenters. The topological polar surface area (TPSA) is 101 Å². The fourth-order valence-electron chi connectivity index (χ4n) is 5.02. The minimum Gasteiger partial charge on any atom is -0.471 e. The number of hydrogen-bond donors (Lipinski definition) is 2. The molecule has 3 rings (SSSR count). The molecule has 44 heavy (non-hydrogen) atoms. The smallest absolute Gasteiger partial charge is 0.287 e. The molecule has 0 aliphatic heterocycles. The van der Waals surface area contributed by atoms with E-state index < -0.39 is 0 Å². The van der Waals surface area contributed by atoms with Gasteiger partial charge in [-0.2, -0.15) is 0 Å². The number of amides is 1. The number of carbonyl (C=O) groups is 1. The first-order chi connectivity index (χ1) is 20.9. The van der Waals surface area contributed by atoms with Crippen LogP contribution < -0.4 is 5.32 Å². The minimum atomic E-state index is -0.294. The van der Waals surface area contributed by atoms with Crippen LogP contribution in [-0.2, 0) is 9.57 Å². The van der Waals surface area contributed by atoms with Gasteiger partial charge in [0.25, 0.3) is 5.91 Å². The van der Waals surface area contributed by atoms with Crippen LogP contribution in [0.2, 0.25) is 0 Å². The second kappa shape index (κ2) is 15.7. The second-order valence-corrected chi connectivity index (χ2v) is 12.2. The number of carbonyl (C=O) groups excluding carboxylic acids is 1. The number of benzene rings is 1. The van der Waals surface area contributed by atoms with Crippen molar-refractivity contribution >= 4 is 23.4 Å². The van der Waals surface area contributed by atoms with E-state index in [1.807, 2.05) is 41.5 Å². The van der Waals surface area contributed by atoms with Crippen LogP contribution in [0.25, 0.3) is 17.3 Å². The van der Waals surface area contributed by atoms with Gasteiger partial charge >= 0.3 is 0 Å². The lowest BCUT2D eigenvalue weighted by Crippen LogP contribution is -2.29. The highest BCUT2D eigenvalue weighted by Crippen LogP contribution is 2.40. The summed E-state index contributed by atoms with van der Waals surface area (Å²) in [5, 5.41) is 7.02. The SMILES string of the molecule is CCC(C)=C(C)ON=C(C)CNC(=O)c1nc(-c2ccc3c(c2)C=C(C(OCN=C(C)C)=C(C)CC)CC(C)C3C)c(C)[nH]1. The van der Waals surface area contributed by atoms with Gasteiger partial charge in [-0.15, -0.1) is 0 Å². The number of aromatic nitrogens is 2. The fraction of sp³-hybridized carbons (Fsp3) is 0.500. The first-order valence-corrected chi connectivity index (χ1v) is 15.7. The van der Waals surface area contributed by atoms with Crippen LogP contribution >= 0.6 is 0 Å². The number of aliphatic imine (C=N–C) groups is 1. The molecule has 1 amide bonds. The normalized spacial score (nSPS) is 17.9. The summed E-state index contributed by atoms with van der Waals surface area (Å²) in [7, 11) is 0. The third kappa shape index (κ3) is 8.80. The quantitative estimate of drug-likeness (QED) is 0.144. The Labute approximate surface area is 263 Å². The number of fused-ring (bicyclic) bond motifs is 1. The molecule has 0 spiro atoms. The van der Waals surface area contributed by atoms with E-state index in [0.29, 0.717) is 24.3 Å². The Bertz CT molecular complexity index is 1500. The summed E-state index contributed by atoms with van der Waals surface area (Å²) in [6.07, 6.45) is 4.99. The lowest BCUT2D eigenvalue weighted by molar-refractivity contribution is 0.0949. The zero-order valence-electron chi connectivity index (χ0n) is 28.6. The van der Waals surface area contributed by atoms with Gasteiger partial charge in [-0.05, 0) is 120 Å². The summed E-state index contributed by atoms with van der Waals surface area (Å²) in [5.41, 5.74) is 10.2. The van der Waals surface area contributed by atoms with E-state index in [-0.39, 0.29) is 18.3 Å². The summed E-state index contributed by atoms with van der Waals surface area (Å²) in [4.78, 5) is 30.8. The maximum atomic E-state index is 13.0. The molecule has 1 aromatic carbocycles. The van der Waals surface area contributed by atoms with Crippen molar-refractivity contribution in [2.24, 2.45) is 16.1 Å². The molecule has 8 nitrogen and oxygen atoms in total. The third-order valence-corrected chi connectivity index (χ3v) is 8.45. The number of aromatic amines is 1. The van der Waals surface area contributed by atoms with Gasteiger partial charge in [0.15, 0.2) is 12.6 Å². The number of aryl methyl sites for hydroxylation is 1. The number of rotatable bonds is 12. The standard InChI is InChI=1S/C36H51N5O3/c1-12-22(5)28(11)44-41-25(8)19-37-36(42)35-39-27(10)33(40-35)29-14-15-32-26(9)24(7)16-31(18-30(32)17-29)34(23(6)13-2)43-20-38-21(3)4/h14-15,17-18,24,26H,12-13,16,19-20H2,1-11H3,(H,37,42)(H,39,40). The van der Waals surface area contributed by atoms with Crippen molar-refractivity contribution in [3.05, 3.63) is 69.1 Å². The van der Waals surface area contributed by atoms with Crippen LogP contribution in [0.4, 0.5) is 0 Å². The van der Waals surface area contributed by atoms with Crippen LogP contribution in [0.3, 0.4) is 0 Å². The van der Waals surface area contributed by atoms with Gasteiger partial charge in [0.05, 0.1) is 18.0 Å². The van der Waals surface area contributed by atoms with Crippen LogP contribution in [0, 0.1) is 12.8 Å². The Morgan fingerprint density at radius 3 is 2.43 bits per heavy atom. The van der Waals surface area contributed by atoms with Crippen molar-refractivity contribution in [1.29, 1.82) is 0 Å². The number of imidazole rings is 1. The molecule has 8 heteroatoms. The number of hydrogen-bond acceptors (Lipinski definition) is 6. The molecule has 2 aromatic rings. The molecule has 2 N–H and O–H groups in total. The Kier molecular flexibility index (Phi) is 12.3. The van der Waals surface area contributed by atoms with Gasteiger partial charge in [-0.25, -0.2) is 4.98 Å². The monoisotopic (exact) mass is 601 g/mol. The summed E-state index contributed by atoms with van der Waals surface area (Å²) < 4.78 is 6.29. The van der Waals surface area contributed by atoms with Gasteiger partial charge in [-0.1, -0.05) is 45.0 Å². The van der Waals surface area contributed by atoms with Crippen LogP contribution in [0.1, 0.15) is 122 Å². The van der Waals surface area contributed by atoms with Crippen LogP contribution in [0.5, 0.6) is 0 Å². The average Bonchev–Trinajstić information content (AvgIpc) is 3.34. The molecule has 1 aliphatic carbocycles. The number of ether oxygens (including phenoxy) is 1. The highest BCUT2D eigenvalue weighted by atomic mass is 16.6. The number of allylic oxidation sites excluding steroid dienone is 4. The van der Waals surface area contributed by atoms with E-state index in [0.717, 1.165) is 64.6 Å². The van der Waals surface area contributed by atoms with Crippen molar-refractivity contribution in [3.8, 4) is 11.3 Å². The molecule has 1 heterocycles. The molecule has 1 aliphatic rings. The third-order valence-electron chi connectivity index (χ3n) is 8.45. The molecule has 0 radical (unpaired) electrons. The van der Waals surface area contributed by atoms with Crippen molar-refractivity contribution in [3.63, 3.8) is 0 Å². The molecule has 2 atom stereocenters. The Morgan fingerprint density at radius 2 is 1.77 bits per heavy atom. The highest BCUT2D eigenvalue weighted by Gasteiger charge is 2.26. The maximum absolute atomic E-state index is 13.0. The molecular formula is C36H51N5O3. The average molecular weight is 602 g/mol. The molecule has 0 saturated carbocycles. The first kappa shape index (κ1) is 34.5. The van der Waals surface area contributed by atoms with E-state index in [1.54, 1.807) is 0 Å². The van der Waals surface area contributed by atoms with Crippen molar-refractivity contribution in [1.82, 2.24) is 15.3 Å². The summed E-state index contributed by atoms with van der Waals surface area (Å²) >= 11 is 0. The molecule has 0 fully saturated rings. The van der Waals surface area contributed by atoms with E-state index in [4.69, 9.17) is 14.6 Å². The van der Waals surface area contributed by atoms with Crippen molar-refractivity contribution < 1.29 is 14.4 Å². The second-order valence-electron chi connectivity index (χ2n) is 12.2. The lowest BCUT2D eigenvalue weighted by Gasteiger charge is -2.21. The predicted octanol–water partition coefficient (Wildman–Crippen LogP) is 8.88. The van der Waals surface area contributed by atoms with Crippen LogP contribution in [0.15, 0.2) is 56.6 Å². The Balaban J connectivity index is 1.89. The molecule has 238 valence electrons. The Morgan fingerprint density at radius 1 is 1.07 bits per heavy atom. The number of nitrogens with one attached hydrogen (secondary N) is 2. The number of nitrogens with zero attached hydrogens (tertiary/aromatic N) is 3. The van der Waals surface area contributed by atoms with Gasteiger partial charge in [0.1, 0.15) is 11.5 Å². The zero-order chi connectivity index (χ0) is 32.6. The number of H-pyrrole nitrogens is 1. The summed E-state index contributed by atoms with van der Waals surface area (Å²) in [5.74, 6) is 2.49. The predicted molar refractivity (Wildman–Crippen MR) is 182 cm³/mol.